The van der Waals surface area contributed by atoms with Crippen LogP contribution in [0.2, 0.25) is 0 Å². The van der Waals surface area contributed by atoms with Crippen LogP contribution in [-0.2, 0) is 9.59 Å². The smallest absolute Gasteiger partial charge is 0.326 e. The molecule has 3 aromatic rings. The Bertz CT molecular complexity index is 1430. The number of anilines is 1. The molecule has 1 N–H and O–H groups in total. The molecule has 1 aromatic heterocycles. The second-order valence-electron chi connectivity index (χ2n) is 12.4. The average molecular weight is 564 g/mol. The van der Waals surface area contributed by atoms with Gasteiger partial charge in [0.1, 0.15) is 5.37 Å². The van der Waals surface area contributed by atoms with Crippen molar-refractivity contribution in [3.8, 4) is 0 Å². The summed E-state index contributed by atoms with van der Waals surface area (Å²) < 4.78 is 1.84. The minimum Gasteiger partial charge on any atom is -0.377 e. The Morgan fingerprint density at radius 2 is 1.70 bits per heavy atom. The highest BCUT2D eigenvalue weighted by atomic mass is 32.2. The fraction of sp³-hybridized carbons (Fsp3) is 0.516. The number of hydrogen-bond donors (Lipinski definition) is 1. The Balaban J connectivity index is 1.28. The molecule has 2 atom stereocenters. The molecule has 0 radical (unpaired) electrons. The quantitative estimate of drug-likeness (QED) is 0.436. The zero-order valence-electron chi connectivity index (χ0n) is 24.2. The molecule has 214 valence electrons. The maximum Gasteiger partial charge on any atom is 0.326 e. The van der Waals surface area contributed by atoms with Gasteiger partial charge in [-0.15, -0.1) is 11.8 Å². The predicted octanol–water partition coefficient (Wildman–Crippen LogP) is 5.03. The van der Waals surface area contributed by atoms with Crippen molar-refractivity contribution in [3.05, 3.63) is 64.6 Å². The fourth-order valence-corrected chi connectivity index (χ4v) is 7.35. The molecule has 2 saturated heterocycles. The second kappa shape index (κ2) is 11.4. The van der Waals surface area contributed by atoms with Gasteiger partial charge in [0.2, 0.25) is 11.8 Å². The van der Waals surface area contributed by atoms with E-state index in [0.717, 1.165) is 41.5 Å². The van der Waals surface area contributed by atoms with Crippen LogP contribution in [0.1, 0.15) is 63.4 Å². The van der Waals surface area contributed by atoms with Gasteiger partial charge in [-0.25, -0.2) is 4.79 Å². The van der Waals surface area contributed by atoms with Crippen molar-refractivity contribution in [2.45, 2.75) is 63.1 Å². The maximum atomic E-state index is 13.8. The first-order valence-corrected chi connectivity index (χ1v) is 15.2. The summed E-state index contributed by atoms with van der Waals surface area (Å²) in [6.45, 7) is 8.41. The largest absolute Gasteiger partial charge is 0.377 e. The summed E-state index contributed by atoms with van der Waals surface area (Å²) in [4.78, 5) is 48.8. The standard InChI is InChI=1S/C31H41N5O3S/c1-31(2,3)16-19-35-28(38)26(40-29(35)22-10-6-8-12-24(22)33(4)5)20-27(37)34-17-14-21(15-18-34)36-25-13-9-7-11-23(25)32-30(36)39/h6-13,21,26,29H,14-20H2,1-5H3,(H,32,39). The number of nitrogens with zero attached hydrogens (tertiary/aromatic N) is 4. The number of aromatic nitrogens is 2. The van der Waals surface area contributed by atoms with Gasteiger partial charge in [-0.2, -0.15) is 0 Å². The second-order valence-corrected chi connectivity index (χ2v) is 13.7. The van der Waals surface area contributed by atoms with Crippen LogP contribution >= 0.6 is 11.8 Å². The third-order valence-corrected chi connectivity index (χ3v) is 9.55. The van der Waals surface area contributed by atoms with Gasteiger partial charge in [0.05, 0.1) is 16.3 Å². The van der Waals surface area contributed by atoms with Gasteiger partial charge >= 0.3 is 5.69 Å². The number of H-pyrrole nitrogens is 1. The van der Waals surface area contributed by atoms with Crippen molar-refractivity contribution >= 4 is 40.3 Å². The number of carbonyl (C=O) groups excluding carboxylic acids is 2. The summed E-state index contributed by atoms with van der Waals surface area (Å²) in [5.74, 6) is 0.0780. The molecular weight excluding hydrogens is 522 g/mol. The highest BCUT2D eigenvalue weighted by Crippen LogP contribution is 2.47. The van der Waals surface area contributed by atoms with Crippen molar-refractivity contribution < 1.29 is 9.59 Å². The van der Waals surface area contributed by atoms with Crippen molar-refractivity contribution in [2.24, 2.45) is 5.41 Å². The van der Waals surface area contributed by atoms with Gasteiger partial charge < -0.3 is 19.7 Å². The number of amides is 2. The third kappa shape index (κ3) is 5.80. The summed E-state index contributed by atoms with van der Waals surface area (Å²) in [6, 6.07) is 16.0. The molecule has 2 aromatic carbocycles. The number of piperidine rings is 1. The van der Waals surface area contributed by atoms with Crippen molar-refractivity contribution in [1.29, 1.82) is 0 Å². The van der Waals surface area contributed by atoms with E-state index in [1.807, 2.05) is 64.9 Å². The molecule has 0 saturated carbocycles. The third-order valence-electron chi connectivity index (χ3n) is 8.09. The van der Waals surface area contributed by atoms with Crippen LogP contribution in [0.15, 0.2) is 53.3 Å². The van der Waals surface area contributed by atoms with E-state index in [1.54, 1.807) is 11.8 Å². The van der Waals surface area contributed by atoms with E-state index in [-0.39, 0.29) is 40.8 Å². The molecule has 2 fully saturated rings. The van der Waals surface area contributed by atoms with Gasteiger partial charge in [-0.1, -0.05) is 51.1 Å². The van der Waals surface area contributed by atoms with E-state index < -0.39 is 5.25 Å². The monoisotopic (exact) mass is 563 g/mol. The lowest BCUT2D eigenvalue weighted by molar-refractivity contribution is -0.136. The van der Waals surface area contributed by atoms with Crippen LogP contribution in [0.3, 0.4) is 0 Å². The molecule has 0 aliphatic carbocycles. The SMILES string of the molecule is CN(C)c1ccccc1C1SC(CC(=O)N2CCC(n3c(=O)[nH]c4ccccc43)CC2)C(=O)N1CCC(C)(C)C. The Hall–Kier alpha value is -3.20. The number of thioether (sulfide) groups is 1. The number of para-hydroxylation sites is 3. The molecule has 2 unspecified atom stereocenters. The Morgan fingerprint density at radius 1 is 1.02 bits per heavy atom. The first-order chi connectivity index (χ1) is 19.0. The minimum absolute atomic E-state index is 0.0212. The molecule has 0 spiro atoms. The van der Waals surface area contributed by atoms with Crippen LogP contribution in [0.25, 0.3) is 11.0 Å². The molecule has 8 nitrogen and oxygen atoms in total. The lowest BCUT2D eigenvalue weighted by Gasteiger charge is -2.33. The number of hydrogen-bond acceptors (Lipinski definition) is 5. The number of likely N-dealkylation sites (tertiary alicyclic amines) is 1. The zero-order valence-corrected chi connectivity index (χ0v) is 25.0. The van der Waals surface area contributed by atoms with Crippen molar-refractivity contribution in [3.63, 3.8) is 0 Å². The summed E-state index contributed by atoms with van der Waals surface area (Å²) in [5, 5.41) is -0.521. The number of benzene rings is 2. The highest BCUT2D eigenvalue weighted by molar-refractivity contribution is 8.01. The van der Waals surface area contributed by atoms with E-state index in [2.05, 4.69) is 42.8 Å². The molecule has 40 heavy (non-hydrogen) atoms. The Morgan fingerprint density at radius 3 is 2.40 bits per heavy atom. The number of imidazole rings is 1. The molecular formula is C31H41N5O3S. The number of aromatic amines is 1. The van der Waals surface area contributed by atoms with Gasteiger partial charge in [-0.3, -0.25) is 14.2 Å². The van der Waals surface area contributed by atoms with Crippen LogP contribution in [0.4, 0.5) is 5.69 Å². The van der Waals surface area contributed by atoms with Gasteiger partial charge in [0.15, 0.2) is 0 Å². The molecule has 5 rings (SSSR count). The van der Waals surface area contributed by atoms with Crippen LogP contribution in [0, 0.1) is 5.41 Å². The Kier molecular flexibility index (Phi) is 8.04. The summed E-state index contributed by atoms with van der Waals surface area (Å²) in [6.07, 6.45) is 2.53. The summed E-state index contributed by atoms with van der Waals surface area (Å²) in [7, 11) is 4.05. The van der Waals surface area contributed by atoms with E-state index in [0.29, 0.717) is 19.6 Å². The van der Waals surface area contributed by atoms with E-state index in [1.165, 1.54) is 0 Å². The highest BCUT2D eigenvalue weighted by Gasteiger charge is 2.43. The lowest BCUT2D eigenvalue weighted by Crippen LogP contribution is -2.42. The van der Waals surface area contributed by atoms with Crippen molar-refractivity contribution in [2.75, 3.05) is 38.6 Å². The summed E-state index contributed by atoms with van der Waals surface area (Å²) in [5.41, 5.74) is 3.95. The minimum atomic E-state index is -0.401. The number of carbonyl (C=O) groups is 2. The number of rotatable bonds is 7. The van der Waals surface area contributed by atoms with Gasteiger partial charge in [0.25, 0.3) is 0 Å². The lowest BCUT2D eigenvalue weighted by atomic mass is 9.92. The van der Waals surface area contributed by atoms with Crippen molar-refractivity contribution in [1.82, 2.24) is 19.4 Å². The number of nitrogens with one attached hydrogen (secondary N) is 1. The maximum absolute atomic E-state index is 13.8. The molecule has 9 heteroatoms. The molecule has 0 bridgehead atoms. The van der Waals surface area contributed by atoms with Crippen LogP contribution in [-0.4, -0.2) is 70.1 Å². The molecule has 3 heterocycles. The first-order valence-electron chi connectivity index (χ1n) is 14.2. The first kappa shape index (κ1) is 28.3. The molecule has 2 amide bonds. The Labute approximate surface area is 240 Å². The van der Waals surface area contributed by atoms with Crippen LogP contribution in [0.5, 0.6) is 0 Å². The topological polar surface area (TPSA) is 81.6 Å². The van der Waals surface area contributed by atoms with Gasteiger partial charge in [0, 0.05) is 57.4 Å². The fourth-order valence-electron chi connectivity index (χ4n) is 5.85. The normalized spacial score (nSPS) is 20.5. The molecule has 2 aliphatic rings. The van der Waals surface area contributed by atoms with Gasteiger partial charge in [-0.05, 0) is 42.9 Å². The zero-order chi connectivity index (χ0) is 28.6. The number of fused-ring (bicyclic) bond motifs is 1. The average Bonchev–Trinajstić information content (AvgIpc) is 3.42. The predicted molar refractivity (Wildman–Crippen MR) is 163 cm³/mol. The summed E-state index contributed by atoms with van der Waals surface area (Å²) >= 11 is 1.61. The van der Waals surface area contributed by atoms with Crippen LogP contribution < -0.4 is 10.6 Å². The van der Waals surface area contributed by atoms with E-state index in [9.17, 15) is 14.4 Å². The van der Waals surface area contributed by atoms with E-state index in [4.69, 9.17) is 0 Å². The van der Waals surface area contributed by atoms with E-state index >= 15 is 0 Å². The molecule has 2 aliphatic heterocycles.